The van der Waals surface area contributed by atoms with Crippen LogP contribution in [0.5, 0.6) is 5.75 Å². The molecule has 3 aromatic rings. The van der Waals surface area contributed by atoms with E-state index in [1.807, 2.05) is 6.92 Å². The fraction of sp³-hybridized carbons (Fsp3) is 0.290. The molecule has 3 aromatic carbocycles. The first-order chi connectivity index (χ1) is 17.9. The maximum Gasteiger partial charge on any atom is 0.201 e. The Balaban J connectivity index is 1.47. The normalized spacial score (nSPS) is 17.8. The first-order valence-electron chi connectivity index (χ1n) is 12.5. The molecule has 1 aliphatic rings. The first-order valence-corrected chi connectivity index (χ1v) is 12.5. The van der Waals surface area contributed by atoms with Crippen LogP contribution in [0.1, 0.15) is 55.2 Å². The van der Waals surface area contributed by atoms with Crippen LogP contribution in [-0.2, 0) is 4.74 Å². The van der Waals surface area contributed by atoms with Gasteiger partial charge >= 0.3 is 0 Å². The second-order valence-corrected chi connectivity index (χ2v) is 9.10. The zero-order chi connectivity index (χ0) is 26.4. The van der Waals surface area contributed by atoms with Gasteiger partial charge in [-0.1, -0.05) is 61.2 Å². The van der Waals surface area contributed by atoms with Crippen molar-refractivity contribution in [3.63, 3.8) is 0 Å². The van der Waals surface area contributed by atoms with Crippen LogP contribution < -0.4 is 4.74 Å². The molecule has 0 aliphatic heterocycles. The number of ether oxygens (including phenoxy) is 2. The molecule has 0 amide bonds. The molecule has 0 aromatic heterocycles. The third-order valence-corrected chi connectivity index (χ3v) is 6.74. The molecular weight excluding hydrogens is 480 g/mol. The predicted octanol–water partition coefficient (Wildman–Crippen LogP) is 8.71. The first kappa shape index (κ1) is 26.7. The van der Waals surface area contributed by atoms with E-state index in [-0.39, 0.29) is 35.5 Å². The summed E-state index contributed by atoms with van der Waals surface area (Å²) in [5.74, 6) is -3.93. The molecule has 0 spiro atoms. The van der Waals surface area contributed by atoms with E-state index in [9.17, 15) is 8.78 Å². The molecule has 6 heteroatoms. The van der Waals surface area contributed by atoms with Crippen molar-refractivity contribution in [1.82, 2.24) is 0 Å². The summed E-state index contributed by atoms with van der Waals surface area (Å²) < 4.78 is 69.4. The number of rotatable bonds is 9. The molecule has 0 unspecified atom stereocenters. The van der Waals surface area contributed by atoms with Crippen molar-refractivity contribution in [1.29, 1.82) is 0 Å². The Bertz CT molecular complexity index is 1260. The number of hydrogen-bond acceptors (Lipinski definition) is 2. The summed E-state index contributed by atoms with van der Waals surface area (Å²) in [5.41, 5.74) is 1.89. The van der Waals surface area contributed by atoms with Gasteiger partial charge in [0.2, 0.25) is 5.82 Å². The highest BCUT2D eigenvalue weighted by Crippen LogP contribution is 2.38. The molecule has 4 rings (SSSR count). The molecule has 0 bridgehead atoms. The molecule has 0 saturated heterocycles. The topological polar surface area (TPSA) is 18.5 Å². The van der Waals surface area contributed by atoms with E-state index in [1.165, 1.54) is 24.3 Å². The van der Waals surface area contributed by atoms with Crippen LogP contribution in [0.4, 0.5) is 17.6 Å². The molecular formula is C31H30F4O2. The van der Waals surface area contributed by atoms with Crippen molar-refractivity contribution in [3.05, 3.63) is 101 Å². The zero-order valence-electron chi connectivity index (χ0n) is 20.8. The Labute approximate surface area is 215 Å². The highest BCUT2D eigenvalue weighted by atomic mass is 19.2. The summed E-state index contributed by atoms with van der Waals surface area (Å²) in [4.78, 5) is 0. The Morgan fingerprint density at radius 2 is 1.54 bits per heavy atom. The number of benzene rings is 3. The summed E-state index contributed by atoms with van der Waals surface area (Å²) in [5, 5.41) is 0. The van der Waals surface area contributed by atoms with E-state index >= 15 is 8.78 Å². The maximum absolute atomic E-state index is 15.1. The molecule has 2 nitrogen and oxygen atoms in total. The quantitative estimate of drug-likeness (QED) is 0.163. The molecule has 1 aliphatic carbocycles. The average molecular weight is 511 g/mol. The lowest BCUT2D eigenvalue weighted by Crippen LogP contribution is -2.21. The predicted molar refractivity (Wildman–Crippen MR) is 139 cm³/mol. The highest BCUT2D eigenvalue weighted by molar-refractivity contribution is 5.73. The van der Waals surface area contributed by atoms with Crippen LogP contribution in [0.25, 0.3) is 23.3 Å². The second-order valence-electron chi connectivity index (χ2n) is 9.10. The van der Waals surface area contributed by atoms with Crippen LogP contribution >= 0.6 is 0 Å². The molecule has 1 saturated carbocycles. The smallest absolute Gasteiger partial charge is 0.201 e. The zero-order valence-corrected chi connectivity index (χ0v) is 20.8. The fourth-order valence-electron chi connectivity index (χ4n) is 4.77. The minimum absolute atomic E-state index is 0.0133. The monoisotopic (exact) mass is 510 g/mol. The van der Waals surface area contributed by atoms with Crippen LogP contribution in [0.2, 0.25) is 0 Å². The van der Waals surface area contributed by atoms with Crippen LogP contribution in [0.3, 0.4) is 0 Å². The molecule has 0 heterocycles. The van der Waals surface area contributed by atoms with Crippen LogP contribution in [0.15, 0.2) is 61.2 Å². The van der Waals surface area contributed by atoms with Crippen LogP contribution in [-0.4, -0.2) is 19.3 Å². The summed E-state index contributed by atoms with van der Waals surface area (Å²) in [6, 6.07) is 12.9. The minimum Gasteiger partial charge on any atom is -0.486 e. The highest BCUT2D eigenvalue weighted by Gasteiger charge is 2.26. The van der Waals surface area contributed by atoms with Gasteiger partial charge in [-0.25, -0.2) is 13.2 Å². The maximum atomic E-state index is 15.1. The molecule has 37 heavy (non-hydrogen) atoms. The molecule has 0 radical (unpaired) electrons. The van der Waals surface area contributed by atoms with Gasteiger partial charge in [-0.2, -0.15) is 4.39 Å². The largest absolute Gasteiger partial charge is 0.486 e. The molecule has 1 fully saturated rings. The van der Waals surface area contributed by atoms with Gasteiger partial charge in [-0.15, -0.1) is 0 Å². The van der Waals surface area contributed by atoms with Gasteiger partial charge in [-0.05, 0) is 67.3 Å². The fourth-order valence-corrected chi connectivity index (χ4v) is 4.77. The van der Waals surface area contributed by atoms with Crippen molar-refractivity contribution in [2.45, 2.75) is 44.6 Å². The summed E-state index contributed by atoms with van der Waals surface area (Å²) in [6.07, 6.45) is 7.95. The SMILES string of the molecule is C=CCOc1ccc(/C=C/c2ccc(-c3ccc(C4CCC(OCC)CC4)c(F)c3F)cc2)c(F)c1F. The van der Waals surface area contributed by atoms with Gasteiger partial charge in [-0.3, -0.25) is 0 Å². The third kappa shape index (κ3) is 6.13. The third-order valence-electron chi connectivity index (χ3n) is 6.74. The Hall–Kier alpha value is -3.38. The van der Waals surface area contributed by atoms with Gasteiger partial charge in [0.05, 0.1) is 6.10 Å². The van der Waals surface area contributed by atoms with E-state index < -0.39 is 23.3 Å². The lowest BCUT2D eigenvalue weighted by Gasteiger charge is -2.29. The van der Waals surface area contributed by atoms with E-state index in [1.54, 1.807) is 42.5 Å². The summed E-state index contributed by atoms with van der Waals surface area (Å²) in [7, 11) is 0. The van der Waals surface area contributed by atoms with E-state index in [2.05, 4.69) is 6.58 Å². The van der Waals surface area contributed by atoms with Gasteiger partial charge in [0.1, 0.15) is 6.61 Å². The van der Waals surface area contributed by atoms with Crippen molar-refractivity contribution >= 4 is 12.2 Å². The second kappa shape index (κ2) is 12.2. The van der Waals surface area contributed by atoms with E-state index in [4.69, 9.17) is 9.47 Å². The number of hydrogen-bond donors (Lipinski definition) is 0. The van der Waals surface area contributed by atoms with Gasteiger partial charge < -0.3 is 9.47 Å². The van der Waals surface area contributed by atoms with Crippen molar-refractivity contribution in [2.24, 2.45) is 0 Å². The Morgan fingerprint density at radius 3 is 2.22 bits per heavy atom. The van der Waals surface area contributed by atoms with Crippen molar-refractivity contribution in [3.8, 4) is 16.9 Å². The Kier molecular flexibility index (Phi) is 8.82. The lowest BCUT2D eigenvalue weighted by atomic mass is 9.82. The minimum atomic E-state index is -1.07. The van der Waals surface area contributed by atoms with Gasteiger partial charge in [0.25, 0.3) is 0 Å². The van der Waals surface area contributed by atoms with Crippen molar-refractivity contribution in [2.75, 3.05) is 13.2 Å². The lowest BCUT2D eigenvalue weighted by molar-refractivity contribution is 0.0325. The molecule has 194 valence electrons. The summed E-state index contributed by atoms with van der Waals surface area (Å²) in [6.45, 7) is 6.17. The summed E-state index contributed by atoms with van der Waals surface area (Å²) >= 11 is 0. The van der Waals surface area contributed by atoms with E-state index in [0.29, 0.717) is 23.3 Å². The van der Waals surface area contributed by atoms with Crippen molar-refractivity contribution < 1.29 is 27.0 Å². The molecule has 0 N–H and O–H groups in total. The molecule has 0 atom stereocenters. The van der Waals surface area contributed by atoms with Crippen LogP contribution in [0, 0.1) is 23.3 Å². The van der Waals surface area contributed by atoms with Gasteiger partial charge in [0.15, 0.2) is 23.2 Å². The standard InChI is InChI=1S/C31H30F4O2/c1-3-19-37-27-18-13-23(28(32)31(27)35)10-7-20-5-8-21(9-6-20)25-16-17-26(30(34)29(25)33)22-11-14-24(15-12-22)36-4-2/h3,5-10,13,16-18,22,24H,1,4,11-12,14-15,19H2,2H3/b10-7+. The average Bonchev–Trinajstić information content (AvgIpc) is 2.92. The van der Waals surface area contributed by atoms with Gasteiger partial charge in [0, 0.05) is 17.7 Å². The van der Waals surface area contributed by atoms with E-state index in [0.717, 1.165) is 25.7 Å². The Morgan fingerprint density at radius 1 is 0.811 bits per heavy atom. The number of halogens is 4.